The van der Waals surface area contributed by atoms with Gasteiger partial charge in [0, 0.05) is 81.4 Å². The van der Waals surface area contributed by atoms with E-state index in [0.29, 0.717) is 31.6 Å². The normalized spacial score (nSPS) is 15.9. The van der Waals surface area contributed by atoms with Crippen LogP contribution >= 0.6 is 0 Å². The van der Waals surface area contributed by atoms with Crippen LogP contribution in [0.1, 0.15) is 67.2 Å². The number of anilines is 2. The third-order valence-corrected chi connectivity index (χ3v) is 10.0. The molecule has 18 heteroatoms. The smallest absolute Gasteiger partial charge is 0.407 e. The maximum absolute atomic E-state index is 14.5. The van der Waals surface area contributed by atoms with Gasteiger partial charge in [0.2, 0.25) is 5.82 Å². The number of carbonyl (C=O) groups is 2. The number of hydrogen-bond acceptors (Lipinski definition) is 10. The maximum atomic E-state index is 14.5. The molecule has 6 rings (SSSR count). The maximum Gasteiger partial charge on any atom is 0.407 e. The molecule has 4 N–H and O–H groups in total. The summed E-state index contributed by atoms with van der Waals surface area (Å²) in [6.45, 7) is 11.6. The molecule has 0 spiro atoms. The Morgan fingerprint density at radius 3 is 1.52 bits per heavy atom. The second-order valence-corrected chi connectivity index (χ2v) is 17.7. The average molecular weight is 905 g/mol. The molecule has 2 aliphatic rings. The molecular formula is C46H54F6N4O8. The highest BCUT2D eigenvalue weighted by Crippen LogP contribution is 2.36. The summed E-state index contributed by atoms with van der Waals surface area (Å²) in [4.78, 5) is 27.1. The zero-order valence-corrected chi connectivity index (χ0v) is 36.5. The highest BCUT2D eigenvalue weighted by atomic mass is 19.2. The average Bonchev–Trinajstić information content (AvgIpc) is 3.19. The molecule has 0 aliphatic carbocycles. The summed E-state index contributed by atoms with van der Waals surface area (Å²) >= 11 is 0. The van der Waals surface area contributed by atoms with Crippen molar-refractivity contribution in [3.05, 3.63) is 108 Å². The molecule has 2 saturated heterocycles. The van der Waals surface area contributed by atoms with E-state index in [1.54, 1.807) is 51.3 Å². The van der Waals surface area contributed by atoms with Crippen LogP contribution in [0, 0.1) is 34.9 Å². The van der Waals surface area contributed by atoms with E-state index in [1.165, 1.54) is 48.5 Å². The third kappa shape index (κ3) is 14.6. The first kappa shape index (κ1) is 49.1. The molecule has 348 valence electrons. The molecule has 0 aromatic heterocycles. The van der Waals surface area contributed by atoms with Gasteiger partial charge in [-0.2, -0.15) is 4.39 Å². The lowest BCUT2D eigenvalue weighted by Crippen LogP contribution is -2.51. The molecule has 0 radical (unpaired) electrons. The summed E-state index contributed by atoms with van der Waals surface area (Å²) < 4.78 is 105. The van der Waals surface area contributed by atoms with Crippen molar-refractivity contribution in [2.45, 2.75) is 89.6 Å². The Bertz CT molecular complexity index is 2250. The van der Waals surface area contributed by atoms with Gasteiger partial charge in [-0.1, -0.05) is 12.1 Å². The van der Waals surface area contributed by atoms with E-state index in [2.05, 4.69) is 10.6 Å². The Hall–Kier alpha value is -5.88. The van der Waals surface area contributed by atoms with Crippen LogP contribution in [0.4, 0.5) is 47.3 Å². The van der Waals surface area contributed by atoms with Crippen molar-refractivity contribution in [2.24, 2.45) is 0 Å². The SMILES string of the molecule is CC(C)(C)OC(=O)NCC1(O)CCN(c2cc(F)c(F)c(Oc3cccc(F)c3)c2)CC1.CC(C)(C)OC(=O)NCC1(O)CCN(c2cc(Oc3cccc(F)c3)cc(F)c2F)CC1. The highest BCUT2D eigenvalue weighted by molar-refractivity contribution is 5.68. The number of nitrogens with zero attached hydrogens (tertiary/aromatic N) is 2. The number of rotatable bonds is 10. The van der Waals surface area contributed by atoms with Crippen LogP contribution in [0.5, 0.6) is 23.0 Å². The summed E-state index contributed by atoms with van der Waals surface area (Å²) in [6, 6.07) is 15.1. The zero-order chi connectivity index (χ0) is 47.0. The number of halogens is 6. The Kier molecular flexibility index (Phi) is 15.6. The number of alkyl carbamates (subject to hydrolysis) is 2. The fourth-order valence-electron chi connectivity index (χ4n) is 6.77. The lowest BCUT2D eigenvalue weighted by atomic mass is 9.91. The molecule has 2 heterocycles. The van der Waals surface area contributed by atoms with Crippen LogP contribution in [0.2, 0.25) is 0 Å². The lowest BCUT2D eigenvalue weighted by Gasteiger charge is -2.39. The van der Waals surface area contributed by atoms with Crippen LogP contribution in [0.15, 0.2) is 72.8 Å². The fraction of sp³-hybridized carbons (Fsp3) is 0.435. The molecule has 64 heavy (non-hydrogen) atoms. The molecular weight excluding hydrogens is 851 g/mol. The van der Waals surface area contributed by atoms with E-state index in [0.717, 1.165) is 24.3 Å². The molecule has 2 amide bonds. The van der Waals surface area contributed by atoms with Crippen LogP contribution in [-0.4, -0.2) is 84.1 Å². The molecule has 0 saturated carbocycles. The molecule has 0 bridgehead atoms. The molecule has 2 aliphatic heterocycles. The minimum absolute atomic E-state index is 0.0152. The second-order valence-electron chi connectivity index (χ2n) is 17.7. The van der Waals surface area contributed by atoms with Crippen LogP contribution in [0.3, 0.4) is 0 Å². The summed E-state index contributed by atoms with van der Waals surface area (Å²) in [7, 11) is 0. The number of benzene rings is 4. The van der Waals surface area contributed by atoms with Gasteiger partial charge in [-0.3, -0.25) is 0 Å². The van der Waals surface area contributed by atoms with Gasteiger partial charge in [0.05, 0.1) is 16.9 Å². The Labute approximate surface area is 368 Å². The number of nitrogens with one attached hydrogen (secondary N) is 2. The van der Waals surface area contributed by atoms with E-state index in [4.69, 9.17) is 18.9 Å². The van der Waals surface area contributed by atoms with Crippen LogP contribution in [-0.2, 0) is 9.47 Å². The third-order valence-electron chi connectivity index (χ3n) is 10.0. The van der Waals surface area contributed by atoms with Crippen molar-refractivity contribution in [1.82, 2.24) is 10.6 Å². The second kappa shape index (κ2) is 20.3. The summed E-state index contributed by atoms with van der Waals surface area (Å²) in [5, 5.41) is 26.6. The van der Waals surface area contributed by atoms with E-state index in [-0.39, 0.29) is 67.7 Å². The molecule has 12 nitrogen and oxygen atoms in total. The monoisotopic (exact) mass is 904 g/mol. The van der Waals surface area contributed by atoms with Crippen molar-refractivity contribution in [3.63, 3.8) is 0 Å². The van der Waals surface area contributed by atoms with Gasteiger partial charge in [0.15, 0.2) is 23.2 Å². The molecule has 4 aromatic rings. The predicted molar refractivity (Wildman–Crippen MR) is 227 cm³/mol. The number of piperidine rings is 2. The summed E-state index contributed by atoms with van der Waals surface area (Å²) in [5.74, 6) is -5.61. The van der Waals surface area contributed by atoms with Crippen molar-refractivity contribution in [1.29, 1.82) is 0 Å². The number of aliphatic hydroxyl groups is 2. The highest BCUT2D eigenvalue weighted by Gasteiger charge is 2.36. The molecule has 0 unspecified atom stereocenters. The Balaban J connectivity index is 0.000000241. The van der Waals surface area contributed by atoms with Gasteiger partial charge in [-0.25, -0.2) is 31.5 Å². The van der Waals surface area contributed by atoms with Crippen LogP contribution < -0.4 is 29.9 Å². The van der Waals surface area contributed by atoms with Crippen molar-refractivity contribution in [3.8, 4) is 23.0 Å². The Morgan fingerprint density at radius 2 is 1.05 bits per heavy atom. The standard InChI is InChI=1S/2C23H27F3N2O4/c1-22(2,3)32-21(29)27-14-23(30)7-9-28(10-8-23)16-12-18(25)20(26)19(13-16)31-17-6-4-5-15(24)11-17;1-22(2,3)32-21(29)27-14-23(30)7-9-28(10-8-23)19-13-17(12-18(25)20(19)26)31-16-6-4-5-15(24)11-16/h2*4-6,11-13,30H,7-10,14H2,1-3H3,(H,27,29). The molecule has 2 fully saturated rings. The number of amides is 2. The van der Waals surface area contributed by atoms with Gasteiger partial charge < -0.3 is 49.6 Å². The Morgan fingerprint density at radius 1 is 0.594 bits per heavy atom. The first-order valence-electron chi connectivity index (χ1n) is 20.6. The van der Waals surface area contributed by atoms with Gasteiger partial charge in [-0.15, -0.1) is 0 Å². The van der Waals surface area contributed by atoms with Crippen LogP contribution in [0.25, 0.3) is 0 Å². The van der Waals surface area contributed by atoms with Gasteiger partial charge >= 0.3 is 12.2 Å². The minimum atomic E-state index is -1.20. The number of carbonyl (C=O) groups excluding carboxylic acids is 2. The first-order valence-corrected chi connectivity index (χ1v) is 20.6. The molecule has 4 aromatic carbocycles. The van der Waals surface area contributed by atoms with Gasteiger partial charge in [-0.05, 0) is 91.5 Å². The number of hydrogen-bond donors (Lipinski definition) is 4. The zero-order valence-electron chi connectivity index (χ0n) is 36.5. The summed E-state index contributed by atoms with van der Waals surface area (Å²) in [5.41, 5.74) is -3.29. The quantitative estimate of drug-likeness (QED) is 0.114. The van der Waals surface area contributed by atoms with E-state index >= 15 is 0 Å². The van der Waals surface area contributed by atoms with E-state index in [9.17, 15) is 46.1 Å². The predicted octanol–water partition coefficient (Wildman–Crippen LogP) is 9.50. The fourth-order valence-corrected chi connectivity index (χ4v) is 6.77. The van der Waals surface area contributed by atoms with Gasteiger partial charge in [0.25, 0.3) is 0 Å². The number of ether oxygens (including phenoxy) is 4. The van der Waals surface area contributed by atoms with E-state index in [1.807, 2.05) is 0 Å². The van der Waals surface area contributed by atoms with Crippen molar-refractivity contribution in [2.75, 3.05) is 49.1 Å². The van der Waals surface area contributed by atoms with Crippen molar-refractivity contribution >= 4 is 23.6 Å². The minimum Gasteiger partial charge on any atom is -0.457 e. The van der Waals surface area contributed by atoms with Gasteiger partial charge in [0.1, 0.15) is 40.1 Å². The summed E-state index contributed by atoms with van der Waals surface area (Å²) in [6.07, 6.45) is -0.224. The molecule has 0 atom stereocenters. The topological polar surface area (TPSA) is 142 Å². The van der Waals surface area contributed by atoms with Crippen molar-refractivity contribution < 1.29 is 65.1 Å². The largest absolute Gasteiger partial charge is 0.457 e. The first-order chi connectivity index (χ1) is 29.9. The lowest BCUT2D eigenvalue weighted by molar-refractivity contribution is 0.00792. The van der Waals surface area contributed by atoms with E-state index < -0.39 is 69.5 Å².